The molecule has 0 heterocycles. The topological polar surface area (TPSA) is 49.3 Å². The highest BCUT2D eigenvalue weighted by molar-refractivity contribution is 5.66. The predicted octanol–water partition coefficient (Wildman–Crippen LogP) is 3.16. The van der Waals surface area contributed by atoms with Crippen molar-refractivity contribution in [3.8, 4) is 0 Å². The third-order valence-corrected chi connectivity index (χ3v) is 2.49. The van der Waals surface area contributed by atoms with Crippen LogP contribution in [0.4, 0.5) is 5.69 Å². The molecule has 0 saturated carbocycles. The highest BCUT2D eigenvalue weighted by Gasteiger charge is 1.99. The van der Waals surface area contributed by atoms with Crippen LogP contribution in [0.3, 0.4) is 0 Å². The van der Waals surface area contributed by atoms with Crippen LogP contribution in [0.2, 0.25) is 0 Å². The SMILES string of the molecule is CC(C)Cc1ccc(NCCCC(=O)O)cc1. The highest BCUT2D eigenvalue weighted by atomic mass is 16.4. The first kappa shape index (κ1) is 13.6. The summed E-state index contributed by atoms with van der Waals surface area (Å²) in [7, 11) is 0. The molecule has 2 N–H and O–H groups in total. The van der Waals surface area contributed by atoms with Crippen LogP contribution >= 0.6 is 0 Å². The van der Waals surface area contributed by atoms with Gasteiger partial charge < -0.3 is 10.4 Å². The van der Waals surface area contributed by atoms with Crippen LogP contribution < -0.4 is 5.32 Å². The highest BCUT2D eigenvalue weighted by Crippen LogP contribution is 2.13. The Hall–Kier alpha value is -1.51. The van der Waals surface area contributed by atoms with Crippen molar-refractivity contribution >= 4 is 11.7 Å². The monoisotopic (exact) mass is 235 g/mol. The maximum absolute atomic E-state index is 10.3. The number of hydrogen-bond donors (Lipinski definition) is 2. The maximum Gasteiger partial charge on any atom is 0.303 e. The first-order valence-corrected chi connectivity index (χ1v) is 6.12. The van der Waals surface area contributed by atoms with Crippen molar-refractivity contribution in [3.05, 3.63) is 29.8 Å². The molecule has 17 heavy (non-hydrogen) atoms. The average Bonchev–Trinajstić information content (AvgIpc) is 2.25. The Labute approximate surface area is 103 Å². The molecule has 0 fully saturated rings. The summed E-state index contributed by atoms with van der Waals surface area (Å²) in [5.74, 6) is -0.0662. The summed E-state index contributed by atoms with van der Waals surface area (Å²) in [5, 5.41) is 11.7. The number of anilines is 1. The summed E-state index contributed by atoms with van der Waals surface area (Å²) in [6.07, 6.45) is 1.97. The molecular formula is C14H21NO2. The Morgan fingerprint density at radius 3 is 2.47 bits per heavy atom. The van der Waals surface area contributed by atoms with Crippen molar-refractivity contribution in [2.75, 3.05) is 11.9 Å². The molecule has 0 aliphatic heterocycles. The summed E-state index contributed by atoms with van der Waals surface area (Å²) in [6.45, 7) is 5.12. The number of benzene rings is 1. The minimum Gasteiger partial charge on any atom is -0.481 e. The Bertz CT molecular complexity index is 344. The van der Waals surface area contributed by atoms with E-state index in [1.54, 1.807) is 0 Å². The normalized spacial score (nSPS) is 10.5. The quantitative estimate of drug-likeness (QED) is 0.714. The standard InChI is InChI=1S/C14H21NO2/c1-11(2)10-12-5-7-13(8-6-12)15-9-3-4-14(16)17/h5-8,11,15H,3-4,9-10H2,1-2H3,(H,16,17). The fourth-order valence-electron chi connectivity index (χ4n) is 1.70. The zero-order valence-electron chi connectivity index (χ0n) is 10.6. The van der Waals surface area contributed by atoms with Crippen LogP contribution in [0.25, 0.3) is 0 Å². The van der Waals surface area contributed by atoms with E-state index in [0.717, 1.165) is 12.1 Å². The molecule has 0 unspecified atom stereocenters. The molecule has 3 nitrogen and oxygen atoms in total. The first-order valence-electron chi connectivity index (χ1n) is 6.12. The zero-order chi connectivity index (χ0) is 12.7. The van der Waals surface area contributed by atoms with Gasteiger partial charge in [-0.05, 0) is 36.5 Å². The maximum atomic E-state index is 10.3. The van der Waals surface area contributed by atoms with E-state index >= 15 is 0 Å². The average molecular weight is 235 g/mol. The predicted molar refractivity (Wildman–Crippen MR) is 70.3 cm³/mol. The second-order valence-corrected chi connectivity index (χ2v) is 4.72. The molecule has 0 aliphatic carbocycles. The number of hydrogen-bond acceptors (Lipinski definition) is 2. The van der Waals surface area contributed by atoms with Crippen LogP contribution in [-0.2, 0) is 11.2 Å². The van der Waals surface area contributed by atoms with Gasteiger partial charge in [0.15, 0.2) is 0 Å². The van der Waals surface area contributed by atoms with Crippen LogP contribution in [-0.4, -0.2) is 17.6 Å². The third kappa shape index (κ3) is 5.95. The van der Waals surface area contributed by atoms with Crippen molar-refractivity contribution in [2.45, 2.75) is 33.1 Å². The van der Waals surface area contributed by atoms with Crippen molar-refractivity contribution in [1.29, 1.82) is 0 Å². The molecule has 94 valence electrons. The van der Waals surface area contributed by atoms with E-state index in [0.29, 0.717) is 18.9 Å². The molecular weight excluding hydrogens is 214 g/mol. The number of carboxylic acid groups (broad SMARTS) is 1. The molecule has 1 aromatic rings. The molecule has 0 amide bonds. The molecule has 0 bridgehead atoms. The minimum atomic E-state index is -0.737. The first-order chi connectivity index (χ1) is 8.08. The molecule has 0 saturated heterocycles. The van der Waals surface area contributed by atoms with Crippen LogP contribution in [0, 0.1) is 5.92 Å². The van der Waals surface area contributed by atoms with Crippen molar-refractivity contribution in [1.82, 2.24) is 0 Å². The van der Waals surface area contributed by atoms with Crippen molar-refractivity contribution < 1.29 is 9.90 Å². The summed E-state index contributed by atoms with van der Waals surface area (Å²) >= 11 is 0. The van der Waals surface area contributed by atoms with E-state index in [1.165, 1.54) is 5.56 Å². The smallest absolute Gasteiger partial charge is 0.303 e. The van der Waals surface area contributed by atoms with E-state index in [9.17, 15) is 4.79 Å². The molecule has 3 heteroatoms. The molecule has 1 aromatic carbocycles. The number of carbonyl (C=O) groups is 1. The van der Waals surface area contributed by atoms with Gasteiger partial charge in [-0.25, -0.2) is 0 Å². The zero-order valence-corrected chi connectivity index (χ0v) is 10.6. The summed E-state index contributed by atoms with van der Waals surface area (Å²) < 4.78 is 0. The summed E-state index contributed by atoms with van der Waals surface area (Å²) in [6, 6.07) is 8.36. The number of rotatable bonds is 7. The van der Waals surface area contributed by atoms with Crippen LogP contribution in [0.5, 0.6) is 0 Å². The van der Waals surface area contributed by atoms with E-state index in [4.69, 9.17) is 5.11 Å². The molecule has 0 aromatic heterocycles. The number of nitrogens with one attached hydrogen (secondary N) is 1. The second-order valence-electron chi connectivity index (χ2n) is 4.72. The fourth-order valence-corrected chi connectivity index (χ4v) is 1.70. The fraction of sp³-hybridized carbons (Fsp3) is 0.500. The van der Waals surface area contributed by atoms with Gasteiger partial charge in [-0.2, -0.15) is 0 Å². The lowest BCUT2D eigenvalue weighted by molar-refractivity contribution is -0.137. The van der Waals surface area contributed by atoms with Gasteiger partial charge in [0, 0.05) is 18.7 Å². The summed E-state index contributed by atoms with van der Waals surface area (Å²) in [4.78, 5) is 10.3. The number of carboxylic acids is 1. The van der Waals surface area contributed by atoms with Gasteiger partial charge in [0.2, 0.25) is 0 Å². The van der Waals surface area contributed by atoms with Gasteiger partial charge in [0.25, 0.3) is 0 Å². The lowest BCUT2D eigenvalue weighted by Crippen LogP contribution is -2.04. The lowest BCUT2D eigenvalue weighted by atomic mass is 10.0. The van der Waals surface area contributed by atoms with E-state index in [-0.39, 0.29) is 6.42 Å². The lowest BCUT2D eigenvalue weighted by Gasteiger charge is -2.08. The van der Waals surface area contributed by atoms with Gasteiger partial charge in [-0.3, -0.25) is 4.79 Å². The van der Waals surface area contributed by atoms with Gasteiger partial charge in [-0.1, -0.05) is 26.0 Å². The minimum absolute atomic E-state index is 0.221. The van der Waals surface area contributed by atoms with Gasteiger partial charge in [0.1, 0.15) is 0 Å². The molecule has 0 atom stereocenters. The van der Waals surface area contributed by atoms with E-state index in [2.05, 4.69) is 43.4 Å². The van der Waals surface area contributed by atoms with Crippen molar-refractivity contribution in [3.63, 3.8) is 0 Å². The van der Waals surface area contributed by atoms with Crippen molar-refractivity contribution in [2.24, 2.45) is 5.92 Å². The Morgan fingerprint density at radius 1 is 1.29 bits per heavy atom. The summed E-state index contributed by atoms with van der Waals surface area (Å²) in [5.41, 5.74) is 2.40. The van der Waals surface area contributed by atoms with Gasteiger partial charge in [0.05, 0.1) is 0 Å². The largest absolute Gasteiger partial charge is 0.481 e. The molecule has 0 spiro atoms. The van der Waals surface area contributed by atoms with Gasteiger partial charge in [-0.15, -0.1) is 0 Å². The van der Waals surface area contributed by atoms with Crippen LogP contribution in [0.15, 0.2) is 24.3 Å². The van der Waals surface area contributed by atoms with Crippen LogP contribution in [0.1, 0.15) is 32.3 Å². The van der Waals surface area contributed by atoms with E-state index in [1.807, 2.05) is 0 Å². The molecule has 0 radical (unpaired) electrons. The van der Waals surface area contributed by atoms with Gasteiger partial charge >= 0.3 is 5.97 Å². The third-order valence-electron chi connectivity index (χ3n) is 2.49. The number of aliphatic carboxylic acids is 1. The Morgan fingerprint density at radius 2 is 1.94 bits per heavy atom. The molecule has 0 aliphatic rings. The van der Waals surface area contributed by atoms with E-state index < -0.39 is 5.97 Å². The second kappa shape index (κ2) is 6.94. The molecule has 1 rings (SSSR count). The Kier molecular flexibility index (Phi) is 5.53. The Balaban J connectivity index is 2.32.